The molecule has 2 heterocycles. The van der Waals surface area contributed by atoms with Gasteiger partial charge in [-0.3, -0.25) is 19.3 Å². The van der Waals surface area contributed by atoms with E-state index in [2.05, 4.69) is 15.6 Å². The molecule has 2 aromatic rings. The lowest BCUT2D eigenvalue weighted by atomic mass is 10.3. The Balaban J connectivity index is 1.86. The van der Waals surface area contributed by atoms with E-state index in [1.165, 1.54) is 6.92 Å². The van der Waals surface area contributed by atoms with Gasteiger partial charge in [-0.05, 0) is 31.5 Å². The molecule has 1 amide bonds. The number of pyridine rings is 1. The van der Waals surface area contributed by atoms with E-state index in [4.69, 9.17) is 4.84 Å². The lowest BCUT2D eigenvalue weighted by Crippen LogP contribution is -2.28. The highest BCUT2D eigenvalue weighted by Crippen LogP contribution is 2.30. The summed E-state index contributed by atoms with van der Waals surface area (Å²) in [7, 11) is 0. The van der Waals surface area contributed by atoms with Crippen LogP contribution in [-0.2, 0) is 29.0 Å². The van der Waals surface area contributed by atoms with E-state index in [-0.39, 0.29) is 18.7 Å². The SMILES string of the molecule is Cc1cccc(CONC(=O)Cn2cc(C)c(C(F)(F)F)n2)n1. The molecular formula is C14H15F3N4O2. The number of hydrogen-bond donors (Lipinski definition) is 1. The van der Waals surface area contributed by atoms with Gasteiger partial charge < -0.3 is 0 Å². The second-order valence-corrected chi connectivity index (χ2v) is 4.94. The van der Waals surface area contributed by atoms with Gasteiger partial charge in [0, 0.05) is 11.9 Å². The molecule has 2 rings (SSSR count). The van der Waals surface area contributed by atoms with Crippen molar-refractivity contribution in [1.82, 2.24) is 20.2 Å². The third kappa shape index (κ3) is 4.78. The lowest BCUT2D eigenvalue weighted by Gasteiger charge is -2.06. The van der Waals surface area contributed by atoms with Gasteiger partial charge in [-0.2, -0.15) is 18.3 Å². The summed E-state index contributed by atoms with van der Waals surface area (Å²) < 4.78 is 38.8. The molecule has 0 saturated heterocycles. The van der Waals surface area contributed by atoms with Crippen LogP contribution in [0.5, 0.6) is 0 Å². The molecule has 0 aliphatic heterocycles. The number of alkyl halides is 3. The topological polar surface area (TPSA) is 69.0 Å². The summed E-state index contributed by atoms with van der Waals surface area (Å²) in [5.41, 5.74) is 2.53. The van der Waals surface area contributed by atoms with Crippen LogP contribution in [0.3, 0.4) is 0 Å². The van der Waals surface area contributed by atoms with E-state index in [0.717, 1.165) is 16.6 Å². The molecule has 0 aliphatic carbocycles. The van der Waals surface area contributed by atoms with Crippen LogP contribution in [0.1, 0.15) is 22.6 Å². The van der Waals surface area contributed by atoms with Crippen molar-refractivity contribution < 1.29 is 22.8 Å². The van der Waals surface area contributed by atoms with Crippen LogP contribution >= 0.6 is 0 Å². The number of hydroxylamine groups is 1. The predicted octanol–water partition coefficient (Wildman–Crippen LogP) is 2.16. The number of aromatic nitrogens is 3. The van der Waals surface area contributed by atoms with E-state index in [9.17, 15) is 18.0 Å². The van der Waals surface area contributed by atoms with Gasteiger partial charge in [-0.25, -0.2) is 5.48 Å². The fourth-order valence-electron chi connectivity index (χ4n) is 1.93. The van der Waals surface area contributed by atoms with Crippen molar-refractivity contribution in [1.29, 1.82) is 0 Å². The van der Waals surface area contributed by atoms with Gasteiger partial charge in [0.1, 0.15) is 13.2 Å². The molecule has 0 aromatic carbocycles. The quantitative estimate of drug-likeness (QED) is 0.854. The molecule has 0 atom stereocenters. The number of aryl methyl sites for hydroxylation is 2. The molecule has 0 aliphatic rings. The second-order valence-electron chi connectivity index (χ2n) is 4.94. The Kier molecular flexibility index (Phi) is 4.99. The van der Waals surface area contributed by atoms with Crippen molar-refractivity contribution in [2.45, 2.75) is 33.2 Å². The lowest BCUT2D eigenvalue weighted by molar-refractivity contribution is -0.142. The highest BCUT2D eigenvalue weighted by atomic mass is 19.4. The van der Waals surface area contributed by atoms with Gasteiger partial charge in [0.25, 0.3) is 5.91 Å². The van der Waals surface area contributed by atoms with Crippen LogP contribution in [-0.4, -0.2) is 20.7 Å². The fourth-order valence-corrected chi connectivity index (χ4v) is 1.93. The first kappa shape index (κ1) is 16.9. The molecule has 0 saturated carbocycles. The summed E-state index contributed by atoms with van der Waals surface area (Å²) in [6.07, 6.45) is -3.39. The fraction of sp³-hybridized carbons (Fsp3) is 0.357. The van der Waals surface area contributed by atoms with Gasteiger partial charge in [0.05, 0.1) is 5.69 Å². The average Bonchev–Trinajstić information content (AvgIpc) is 2.79. The van der Waals surface area contributed by atoms with Gasteiger partial charge in [-0.1, -0.05) is 6.07 Å². The Bertz CT molecular complexity index is 698. The number of hydrogen-bond acceptors (Lipinski definition) is 4. The van der Waals surface area contributed by atoms with Gasteiger partial charge in [-0.15, -0.1) is 0 Å². The minimum absolute atomic E-state index is 0.0461. The molecule has 9 heteroatoms. The number of amides is 1. The van der Waals surface area contributed by atoms with E-state index in [1.54, 1.807) is 12.1 Å². The summed E-state index contributed by atoms with van der Waals surface area (Å²) in [4.78, 5) is 20.8. The zero-order valence-corrected chi connectivity index (χ0v) is 12.5. The van der Waals surface area contributed by atoms with Crippen LogP contribution in [0.25, 0.3) is 0 Å². The van der Waals surface area contributed by atoms with Crippen molar-refractivity contribution in [3.63, 3.8) is 0 Å². The number of halogens is 3. The maximum Gasteiger partial charge on any atom is 0.435 e. The molecule has 0 unspecified atom stereocenters. The van der Waals surface area contributed by atoms with Crippen LogP contribution in [0.2, 0.25) is 0 Å². The van der Waals surface area contributed by atoms with Crippen LogP contribution in [0, 0.1) is 13.8 Å². The first-order valence-corrected chi connectivity index (χ1v) is 6.70. The van der Waals surface area contributed by atoms with Crippen molar-refractivity contribution in [3.05, 3.63) is 47.0 Å². The first-order chi connectivity index (χ1) is 10.8. The van der Waals surface area contributed by atoms with Crippen molar-refractivity contribution in [2.24, 2.45) is 0 Å². The Hall–Kier alpha value is -2.42. The number of rotatable bonds is 5. The minimum Gasteiger partial charge on any atom is -0.271 e. The normalized spacial score (nSPS) is 11.5. The Morgan fingerprint density at radius 2 is 2.09 bits per heavy atom. The maximum atomic E-state index is 12.6. The van der Waals surface area contributed by atoms with E-state index >= 15 is 0 Å². The molecule has 2 aromatic heterocycles. The van der Waals surface area contributed by atoms with Crippen molar-refractivity contribution in [2.75, 3.05) is 0 Å². The second kappa shape index (κ2) is 6.78. The molecule has 6 nitrogen and oxygen atoms in total. The van der Waals surface area contributed by atoms with Crippen molar-refractivity contribution >= 4 is 5.91 Å². The van der Waals surface area contributed by atoms with Gasteiger partial charge in [0.15, 0.2) is 5.69 Å². The summed E-state index contributed by atoms with van der Waals surface area (Å²) in [5, 5.41) is 3.36. The molecule has 23 heavy (non-hydrogen) atoms. The van der Waals surface area contributed by atoms with Crippen LogP contribution < -0.4 is 5.48 Å². The summed E-state index contributed by atoms with van der Waals surface area (Å²) >= 11 is 0. The Labute approximate surface area is 130 Å². The molecule has 0 fully saturated rings. The summed E-state index contributed by atoms with van der Waals surface area (Å²) in [6, 6.07) is 5.35. The monoisotopic (exact) mass is 328 g/mol. The third-order valence-corrected chi connectivity index (χ3v) is 2.87. The average molecular weight is 328 g/mol. The van der Waals surface area contributed by atoms with E-state index < -0.39 is 17.8 Å². The Morgan fingerprint density at radius 3 is 2.70 bits per heavy atom. The number of carbonyl (C=O) groups excluding carboxylic acids is 1. The molecular weight excluding hydrogens is 313 g/mol. The molecule has 0 spiro atoms. The molecule has 124 valence electrons. The highest BCUT2D eigenvalue weighted by molar-refractivity contribution is 5.74. The molecule has 0 radical (unpaired) electrons. The number of carbonyl (C=O) groups is 1. The largest absolute Gasteiger partial charge is 0.435 e. The zero-order chi connectivity index (χ0) is 17.0. The maximum absolute atomic E-state index is 12.6. The summed E-state index contributed by atoms with van der Waals surface area (Å²) in [5.74, 6) is -0.617. The number of nitrogens with zero attached hydrogens (tertiary/aromatic N) is 3. The highest BCUT2D eigenvalue weighted by Gasteiger charge is 2.36. The van der Waals surface area contributed by atoms with Gasteiger partial charge >= 0.3 is 6.18 Å². The first-order valence-electron chi connectivity index (χ1n) is 6.70. The molecule has 1 N–H and O–H groups in total. The predicted molar refractivity (Wildman–Crippen MR) is 73.9 cm³/mol. The standard InChI is InChI=1S/C14H15F3N4O2/c1-9-6-21(19-13(9)14(15,16)17)7-12(22)20-23-8-11-5-3-4-10(2)18-11/h3-6H,7-8H2,1-2H3,(H,20,22). The third-order valence-electron chi connectivity index (χ3n) is 2.87. The van der Waals surface area contributed by atoms with E-state index in [0.29, 0.717) is 5.69 Å². The Morgan fingerprint density at radius 1 is 1.35 bits per heavy atom. The summed E-state index contributed by atoms with van der Waals surface area (Å²) in [6.45, 7) is 2.78. The van der Waals surface area contributed by atoms with E-state index in [1.807, 2.05) is 13.0 Å². The van der Waals surface area contributed by atoms with Crippen LogP contribution in [0.4, 0.5) is 13.2 Å². The minimum atomic E-state index is -4.54. The smallest absolute Gasteiger partial charge is 0.271 e. The van der Waals surface area contributed by atoms with Gasteiger partial charge in [0.2, 0.25) is 0 Å². The zero-order valence-electron chi connectivity index (χ0n) is 12.5. The van der Waals surface area contributed by atoms with Crippen molar-refractivity contribution in [3.8, 4) is 0 Å². The molecule has 0 bridgehead atoms. The number of nitrogens with one attached hydrogen (secondary N) is 1. The van der Waals surface area contributed by atoms with Crippen LogP contribution in [0.15, 0.2) is 24.4 Å².